The predicted octanol–water partition coefficient (Wildman–Crippen LogP) is 6.43. The van der Waals surface area contributed by atoms with Gasteiger partial charge in [0.2, 0.25) is 0 Å². The molecule has 11 heteroatoms. The summed E-state index contributed by atoms with van der Waals surface area (Å²) >= 11 is 0. The van der Waals surface area contributed by atoms with Crippen LogP contribution in [-0.4, -0.2) is 99.1 Å². The van der Waals surface area contributed by atoms with Crippen molar-refractivity contribution in [2.75, 3.05) is 46.9 Å². The maximum atomic E-state index is 14.5. The van der Waals surface area contributed by atoms with Crippen LogP contribution in [0.3, 0.4) is 0 Å². The van der Waals surface area contributed by atoms with Gasteiger partial charge in [-0.15, -0.1) is 0 Å². The van der Waals surface area contributed by atoms with Crippen LogP contribution in [0.5, 0.6) is 5.75 Å². The van der Waals surface area contributed by atoms with Gasteiger partial charge in [0.15, 0.2) is 11.9 Å². The lowest BCUT2D eigenvalue weighted by Gasteiger charge is -2.35. The number of aromatic hydroxyl groups is 1. The van der Waals surface area contributed by atoms with E-state index in [1.165, 1.54) is 5.56 Å². The number of benzene rings is 2. The molecular weight excluding hydrogens is 620 g/mol. The van der Waals surface area contributed by atoms with Gasteiger partial charge in [0, 0.05) is 44.9 Å². The van der Waals surface area contributed by atoms with Gasteiger partial charge in [0.1, 0.15) is 11.4 Å². The molecule has 0 spiro atoms. The molecule has 49 heavy (non-hydrogen) atoms. The molecule has 258 valence electrons. The zero-order valence-corrected chi connectivity index (χ0v) is 29.1. The Morgan fingerprint density at radius 1 is 1.00 bits per heavy atom. The van der Waals surface area contributed by atoms with E-state index >= 15 is 0 Å². The summed E-state index contributed by atoms with van der Waals surface area (Å²) in [5.41, 5.74) is 4.63. The highest BCUT2D eigenvalue weighted by Gasteiger charge is 2.31. The smallest absolute Gasteiger partial charge is 0.410 e. The van der Waals surface area contributed by atoms with E-state index in [2.05, 4.69) is 23.1 Å². The molecule has 2 fully saturated rings. The Bertz CT molecular complexity index is 1830. The fourth-order valence-corrected chi connectivity index (χ4v) is 6.27. The molecule has 2 aliphatic rings. The quantitative estimate of drug-likeness (QED) is 0.240. The number of carbonyl (C=O) groups is 2. The molecule has 1 N–H and O–H groups in total. The number of ether oxygens (including phenoxy) is 2. The highest BCUT2D eigenvalue weighted by Crippen LogP contribution is 2.34. The minimum absolute atomic E-state index is 0.145. The Kier molecular flexibility index (Phi) is 10.0. The van der Waals surface area contributed by atoms with Gasteiger partial charge < -0.3 is 29.3 Å². The second-order valence-corrected chi connectivity index (χ2v) is 14.0. The summed E-state index contributed by atoms with van der Waals surface area (Å²) in [4.78, 5) is 38.0. The zero-order chi connectivity index (χ0) is 34.7. The molecular formula is C38H46N6O5. The van der Waals surface area contributed by atoms with Crippen LogP contribution in [0.4, 0.5) is 4.79 Å². The van der Waals surface area contributed by atoms with Crippen LogP contribution in [0.15, 0.2) is 54.6 Å². The normalized spacial score (nSPS) is 17.3. The topological polar surface area (TPSA) is 113 Å². The summed E-state index contributed by atoms with van der Waals surface area (Å²) in [6, 6.07) is 17.0. The first-order chi connectivity index (χ1) is 23.4. The minimum Gasteiger partial charge on any atom is -0.508 e. The van der Waals surface area contributed by atoms with Crippen molar-refractivity contribution in [2.45, 2.75) is 58.4 Å². The standard InChI is InChI=1S/C38H46N6O5/c1-38(2,3)49-37(47)43-20-18-42(19-21-43)36(46)30-24-32(28-13-15-29(45)16-14-28)39-35-34(30)31(40-44(35)33-11-6-7-22-48-33)17-12-26-9-8-10-27(23-26)25-41(4)5/h8-10,12-17,23-24,33,45H,6-7,11,18-22,25H2,1-5H3. The summed E-state index contributed by atoms with van der Waals surface area (Å²) in [6.45, 7) is 8.43. The zero-order valence-electron chi connectivity index (χ0n) is 29.1. The van der Waals surface area contributed by atoms with Crippen LogP contribution in [0.1, 0.15) is 73.4 Å². The lowest BCUT2D eigenvalue weighted by atomic mass is 10.0. The van der Waals surface area contributed by atoms with Gasteiger partial charge in [-0.05, 0) is 102 Å². The van der Waals surface area contributed by atoms with Crippen LogP contribution < -0.4 is 0 Å². The van der Waals surface area contributed by atoms with Crippen molar-refractivity contribution in [2.24, 2.45) is 0 Å². The first-order valence-corrected chi connectivity index (χ1v) is 17.0. The first kappa shape index (κ1) is 34.1. The molecule has 0 bridgehead atoms. The maximum Gasteiger partial charge on any atom is 0.410 e. The average Bonchev–Trinajstić information content (AvgIpc) is 3.45. The van der Waals surface area contributed by atoms with Crippen molar-refractivity contribution in [3.8, 4) is 17.0 Å². The van der Waals surface area contributed by atoms with E-state index < -0.39 is 5.60 Å². The van der Waals surface area contributed by atoms with Gasteiger partial charge in [0.05, 0.1) is 22.3 Å². The van der Waals surface area contributed by atoms with Gasteiger partial charge in [0.25, 0.3) is 5.91 Å². The number of fused-ring (bicyclic) bond motifs is 1. The Balaban J connectivity index is 1.43. The Labute approximate surface area is 287 Å². The van der Waals surface area contributed by atoms with E-state index in [0.717, 1.165) is 36.9 Å². The van der Waals surface area contributed by atoms with Gasteiger partial charge in [-0.2, -0.15) is 5.10 Å². The Hall–Kier alpha value is -4.74. The molecule has 0 radical (unpaired) electrons. The molecule has 2 aromatic carbocycles. The predicted molar refractivity (Wildman–Crippen MR) is 190 cm³/mol. The van der Waals surface area contributed by atoms with E-state index in [1.54, 1.807) is 34.1 Å². The number of nitrogens with zero attached hydrogens (tertiary/aromatic N) is 6. The molecule has 1 atom stereocenters. The summed E-state index contributed by atoms with van der Waals surface area (Å²) in [6.07, 6.45) is 6.05. The number of amides is 2. The van der Waals surface area contributed by atoms with Gasteiger partial charge in [-0.1, -0.05) is 30.3 Å². The van der Waals surface area contributed by atoms with Crippen molar-refractivity contribution in [3.63, 3.8) is 0 Å². The Morgan fingerprint density at radius 3 is 2.41 bits per heavy atom. The third kappa shape index (κ3) is 8.12. The van der Waals surface area contributed by atoms with Crippen molar-refractivity contribution in [1.29, 1.82) is 0 Å². The van der Waals surface area contributed by atoms with Crippen LogP contribution in [0, 0.1) is 0 Å². The maximum absolute atomic E-state index is 14.5. The summed E-state index contributed by atoms with van der Waals surface area (Å²) in [7, 11) is 4.09. The number of carbonyl (C=O) groups excluding carboxylic acids is 2. The SMILES string of the molecule is CN(C)Cc1cccc(C=Cc2nn(C3CCCCO3)c3nc(-c4ccc(O)cc4)cc(C(=O)N4CCN(C(=O)OC(C)(C)C)CC4)c23)c1. The lowest BCUT2D eigenvalue weighted by Crippen LogP contribution is -2.51. The van der Waals surface area contributed by atoms with Gasteiger partial charge in [-0.25, -0.2) is 14.5 Å². The van der Waals surface area contributed by atoms with Crippen LogP contribution in [0.2, 0.25) is 0 Å². The van der Waals surface area contributed by atoms with Crippen LogP contribution in [-0.2, 0) is 16.0 Å². The van der Waals surface area contributed by atoms with Crippen molar-refractivity contribution in [1.82, 2.24) is 29.5 Å². The molecule has 2 aliphatic heterocycles. The number of rotatable bonds is 7. The third-order valence-electron chi connectivity index (χ3n) is 8.61. The lowest BCUT2D eigenvalue weighted by molar-refractivity contribution is -0.0370. The monoisotopic (exact) mass is 666 g/mol. The van der Waals surface area contributed by atoms with E-state index in [0.29, 0.717) is 60.8 Å². The summed E-state index contributed by atoms with van der Waals surface area (Å²) < 4.78 is 13.6. The Morgan fingerprint density at radius 2 is 1.73 bits per heavy atom. The molecule has 6 rings (SSSR count). The molecule has 4 heterocycles. The highest BCUT2D eigenvalue weighted by atomic mass is 16.6. The molecule has 0 aliphatic carbocycles. The molecule has 11 nitrogen and oxygen atoms in total. The van der Waals surface area contributed by atoms with E-state index in [9.17, 15) is 14.7 Å². The average molecular weight is 667 g/mol. The fourth-order valence-electron chi connectivity index (χ4n) is 6.27. The highest BCUT2D eigenvalue weighted by molar-refractivity contribution is 6.09. The molecule has 2 amide bonds. The van der Waals surface area contributed by atoms with E-state index in [-0.39, 0.29) is 24.0 Å². The number of hydrogen-bond donors (Lipinski definition) is 1. The molecule has 2 saturated heterocycles. The second-order valence-electron chi connectivity index (χ2n) is 14.0. The number of pyridine rings is 1. The van der Waals surface area contributed by atoms with Crippen molar-refractivity contribution < 1.29 is 24.2 Å². The summed E-state index contributed by atoms with van der Waals surface area (Å²) in [5.74, 6) is -0.0188. The number of aromatic nitrogens is 3. The molecule has 2 aromatic heterocycles. The molecule has 1 unspecified atom stereocenters. The summed E-state index contributed by atoms with van der Waals surface area (Å²) in [5, 5.41) is 15.7. The first-order valence-electron chi connectivity index (χ1n) is 17.0. The van der Waals surface area contributed by atoms with Crippen molar-refractivity contribution >= 4 is 35.2 Å². The number of piperazine rings is 1. The van der Waals surface area contributed by atoms with Crippen LogP contribution >= 0.6 is 0 Å². The van der Waals surface area contributed by atoms with Gasteiger partial charge >= 0.3 is 6.09 Å². The van der Waals surface area contributed by atoms with E-state index in [1.807, 2.05) is 63.8 Å². The number of hydrogen-bond acceptors (Lipinski definition) is 8. The fraction of sp³-hybridized carbons (Fsp3) is 0.421. The van der Waals surface area contributed by atoms with Gasteiger partial charge in [-0.3, -0.25) is 4.79 Å². The largest absolute Gasteiger partial charge is 0.508 e. The third-order valence-corrected chi connectivity index (χ3v) is 8.61. The second kappa shape index (κ2) is 14.4. The van der Waals surface area contributed by atoms with Crippen molar-refractivity contribution in [3.05, 3.63) is 77.0 Å². The molecule has 4 aromatic rings. The van der Waals surface area contributed by atoms with E-state index in [4.69, 9.17) is 19.6 Å². The molecule has 0 saturated carbocycles. The minimum atomic E-state index is -0.600. The number of phenolic OH excluding ortho intramolecular Hbond substituents is 1. The van der Waals surface area contributed by atoms with Crippen LogP contribution in [0.25, 0.3) is 34.4 Å². The number of phenols is 1.